The van der Waals surface area contributed by atoms with Crippen LogP contribution in [-0.4, -0.2) is 11.5 Å². The molecule has 0 radical (unpaired) electrons. The molecule has 82 valence electrons. The zero-order valence-electron chi connectivity index (χ0n) is 8.42. The van der Waals surface area contributed by atoms with Crippen molar-refractivity contribution in [3.63, 3.8) is 0 Å². The maximum absolute atomic E-state index is 12.3. The predicted molar refractivity (Wildman–Crippen MR) is 53.8 cm³/mol. The van der Waals surface area contributed by atoms with Crippen molar-refractivity contribution in [3.05, 3.63) is 29.6 Å². The van der Waals surface area contributed by atoms with Crippen LogP contribution in [0.1, 0.15) is 43.0 Å². The lowest BCUT2D eigenvalue weighted by atomic mass is 9.99. The first kappa shape index (κ1) is 10.5. The summed E-state index contributed by atoms with van der Waals surface area (Å²) in [5.41, 5.74) is 0.869. The van der Waals surface area contributed by atoms with Crippen molar-refractivity contribution in [1.82, 2.24) is 10.3 Å². The summed E-state index contributed by atoms with van der Waals surface area (Å²) in [6.45, 7) is 1.00. The quantitative estimate of drug-likeness (QED) is 0.815. The molecule has 0 aliphatic carbocycles. The maximum Gasteiger partial charge on any atom is 0.280 e. The number of pyridine rings is 1. The van der Waals surface area contributed by atoms with E-state index in [1.807, 2.05) is 0 Å². The van der Waals surface area contributed by atoms with Crippen molar-refractivity contribution in [2.24, 2.45) is 0 Å². The molecular formula is C11H14F2N2. The molecule has 0 saturated carbocycles. The van der Waals surface area contributed by atoms with Crippen molar-refractivity contribution in [2.45, 2.75) is 31.7 Å². The minimum atomic E-state index is -2.47. The van der Waals surface area contributed by atoms with E-state index in [9.17, 15) is 8.78 Å². The monoisotopic (exact) mass is 212 g/mol. The highest BCUT2D eigenvalue weighted by atomic mass is 19.3. The first-order valence-corrected chi connectivity index (χ1v) is 5.25. The topological polar surface area (TPSA) is 24.9 Å². The zero-order chi connectivity index (χ0) is 10.7. The number of halogens is 2. The summed E-state index contributed by atoms with van der Waals surface area (Å²) in [6, 6.07) is 3.45. The number of hydrogen-bond donors (Lipinski definition) is 1. The third kappa shape index (κ3) is 2.50. The summed E-state index contributed by atoms with van der Waals surface area (Å²) in [5.74, 6) is 0. The Morgan fingerprint density at radius 2 is 2.20 bits per heavy atom. The van der Waals surface area contributed by atoms with E-state index in [0.29, 0.717) is 0 Å². The van der Waals surface area contributed by atoms with Crippen LogP contribution in [0.5, 0.6) is 0 Å². The second kappa shape index (κ2) is 4.66. The third-order valence-corrected chi connectivity index (χ3v) is 2.75. The highest BCUT2D eigenvalue weighted by molar-refractivity contribution is 5.18. The van der Waals surface area contributed by atoms with Crippen molar-refractivity contribution >= 4 is 0 Å². The number of alkyl halides is 2. The number of nitrogens with zero attached hydrogens (tertiary/aromatic N) is 1. The maximum atomic E-state index is 12.3. The lowest BCUT2D eigenvalue weighted by Gasteiger charge is -2.23. The summed E-state index contributed by atoms with van der Waals surface area (Å²) >= 11 is 0. The third-order valence-electron chi connectivity index (χ3n) is 2.75. The number of aromatic nitrogens is 1. The van der Waals surface area contributed by atoms with Gasteiger partial charge in [-0.05, 0) is 31.0 Å². The first-order valence-electron chi connectivity index (χ1n) is 5.25. The average molecular weight is 212 g/mol. The van der Waals surface area contributed by atoms with Crippen LogP contribution in [0.4, 0.5) is 8.78 Å². The Labute approximate surface area is 87.7 Å². The Kier molecular flexibility index (Phi) is 3.26. The van der Waals surface area contributed by atoms with E-state index in [4.69, 9.17) is 0 Å². The van der Waals surface area contributed by atoms with E-state index >= 15 is 0 Å². The van der Waals surface area contributed by atoms with Crippen LogP contribution in [-0.2, 0) is 0 Å². The summed E-state index contributed by atoms with van der Waals surface area (Å²) in [6.07, 6.45) is 2.53. The molecule has 1 fully saturated rings. The number of piperidine rings is 1. The van der Waals surface area contributed by atoms with Crippen molar-refractivity contribution in [3.8, 4) is 0 Å². The SMILES string of the molecule is FC(F)c1ccc(C2CCCCN2)cn1. The summed E-state index contributed by atoms with van der Waals surface area (Å²) < 4.78 is 24.5. The van der Waals surface area contributed by atoms with Crippen LogP contribution < -0.4 is 5.32 Å². The fraction of sp³-hybridized carbons (Fsp3) is 0.545. The molecule has 1 N–H and O–H groups in total. The fourth-order valence-corrected chi connectivity index (χ4v) is 1.89. The van der Waals surface area contributed by atoms with Gasteiger partial charge in [0.25, 0.3) is 6.43 Å². The van der Waals surface area contributed by atoms with Gasteiger partial charge in [0.1, 0.15) is 5.69 Å². The van der Waals surface area contributed by atoms with Gasteiger partial charge in [0.15, 0.2) is 0 Å². The van der Waals surface area contributed by atoms with Gasteiger partial charge in [0.2, 0.25) is 0 Å². The lowest BCUT2D eigenvalue weighted by Crippen LogP contribution is -2.26. The van der Waals surface area contributed by atoms with Crippen LogP contribution in [0, 0.1) is 0 Å². The molecule has 0 amide bonds. The van der Waals surface area contributed by atoms with Gasteiger partial charge in [0, 0.05) is 12.2 Å². The molecule has 0 spiro atoms. The normalized spacial score (nSPS) is 21.9. The Morgan fingerprint density at radius 1 is 1.33 bits per heavy atom. The Hall–Kier alpha value is -1.03. The molecule has 0 aromatic carbocycles. The molecule has 2 heterocycles. The molecule has 4 heteroatoms. The number of rotatable bonds is 2. The standard InChI is InChI=1S/C11H14F2N2/c12-11(13)10-5-4-8(7-15-10)9-3-1-2-6-14-9/h4-5,7,9,11,14H,1-3,6H2. The molecule has 1 unspecified atom stereocenters. The molecule has 0 bridgehead atoms. The van der Waals surface area contributed by atoms with Crippen molar-refractivity contribution in [2.75, 3.05) is 6.54 Å². The average Bonchev–Trinajstić information content (AvgIpc) is 2.30. The van der Waals surface area contributed by atoms with E-state index < -0.39 is 6.43 Å². The van der Waals surface area contributed by atoms with E-state index in [1.165, 1.54) is 18.9 Å². The lowest BCUT2D eigenvalue weighted by molar-refractivity contribution is 0.146. The van der Waals surface area contributed by atoms with Crippen LogP contribution in [0.15, 0.2) is 18.3 Å². The van der Waals surface area contributed by atoms with Gasteiger partial charge < -0.3 is 5.32 Å². The van der Waals surface area contributed by atoms with E-state index in [2.05, 4.69) is 10.3 Å². The molecule has 15 heavy (non-hydrogen) atoms. The van der Waals surface area contributed by atoms with Crippen molar-refractivity contribution in [1.29, 1.82) is 0 Å². The fourth-order valence-electron chi connectivity index (χ4n) is 1.89. The van der Waals surface area contributed by atoms with Crippen LogP contribution in [0.2, 0.25) is 0 Å². The molecule has 2 rings (SSSR count). The van der Waals surface area contributed by atoms with E-state index in [-0.39, 0.29) is 11.7 Å². The minimum Gasteiger partial charge on any atom is -0.310 e. The zero-order valence-corrected chi connectivity index (χ0v) is 8.42. The largest absolute Gasteiger partial charge is 0.310 e. The van der Waals surface area contributed by atoms with E-state index in [1.54, 1.807) is 12.3 Å². The van der Waals surface area contributed by atoms with Gasteiger partial charge in [0.05, 0.1) is 0 Å². The van der Waals surface area contributed by atoms with Crippen LogP contribution >= 0.6 is 0 Å². The van der Waals surface area contributed by atoms with Gasteiger partial charge in [-0.15, -0.1) is 0 Å². The number of nitrogens with one attached hydrogen (secondary N) is 1. The van der Waals surface area contributed by atoms with Gasteiger partial charge >= 0.3 is 0 Å². The van der Waals surface area contributed by atoms with E-state index in [0.717, 1.165) is 18.5 Å². The second-order valence-electron chi connectivity index (χ2n) is 3.82. The van der Waals surface area contributed by atoms with Crippen LogP contribution in [0.25, 0.3) is 0 Å². The van der Waals surface area contributed by atoms with Gasteiger partial charge in [-0.3, -0.25) is 4.98 Å². The Morgan fingerprint density at radius 3 is 2.73 bits per heavy atom. The number of hydrogen-bond acceptors (Lipinski definition) is 2. The molecule has 2 nitrogen and oxygen atoms in total. The highest BCUT2D eigenvalue weighted by Crippen LogP contribution is 2.23. The Bertz CT molecular complexity index is 305. The van der Waals surface area contributed by atoms with Crippen LogP contribution in [0.3, 0.4) is 0 Å². The Balaban J connectivity index is 2.08. The van der Waals surface area contributed by atoms with Gasteiger partial charge in [-0.1, -0.05) is 12.5 Å². The molecule has 1 saturated heterocycles. The second-order valence-corrected chi connectivity index (χ2v) is 3.82. The first-order chi connectivity index (χ1) is 7.27. The summed E-state index contributed by atoms with van der Waals surface area (Å²) in [5, 5.41) is 3.36. The predicted octanol–water partition coefficient (Wildman–Crippen LogP) is 2.83. The molecule has 1 aromatic heterocycles. The molecule has 1 atom stereocenters. The van der Waals surface area contributed by atoms with Gasteiger partial charge in [-0.2, -0.15) is 0 Å². The van der Waals surface area contributed by atoms with Gasteiger partial charge in [-0.25, -0.2) is 8.78 Å². The molecular weight excluding hydrogens is 198 g/mol. The van der Waals surface area contributed by atoms with Crippen molar-refractivity contribution < 1.29 is 8.78 Å². The minimum absolute atomic E-state index is 0.144. The smallest absolute Gasteiger partial charge is 0.280 e. The molecule has 1 aromatic rings. The highest BCUT2D eigenvalue weighted by Gasteiger charge is 2.15. The summed E-state index contributed by atoms with van der Waals surface area (Å²) in [7, 11) is 0. The summed E-state index contributed by atoms with van der Waals surface area (Å²) in [4.78, 5) is 3.76. The molecule has 1 aliphatic heterocycles. The molecule has 1 aliphatic rings.